The lowest BCUT2D eigenvalue weighted by atomic mass is 10.0. The minimum absolute atomic E-state index is 0.115. The van der Waals surface area contributed by atoms with E-state index in [1.807, 2.05) is 0 Å². The Labute approximate surface area is 108 Å². The summed E-state index contributed by atoms with van der Waals surface area (Å²) in [5.41, 5.74) is 5.90. The van der Waals surface area contributed by atoms with Crippen LogP contribution in [0.5, 0.6) is 0 Å². The first-order chi connectivity index (χ1) is 9.06. The quantitative estimate of drug-likeness (QED) is 0.855. The van der Waals surface area contributed by atoms with E-state index in [0.29, 0.717) is 24.5 Å². The van der Waals surface area contributed by atoms with Gasteiger partial charge in [-0.2, -0.15) is 0 Å². The molecule has 1 saturated carbocycles. The largest absolute Gasteiger partial charge is 0.370 e. The highest BCUT2D eigenvalue weighted by Crippen LogP contribution is 2.35. The zero-order valence-electron chi connectivity index (χ0n) is 10.2. The molecule has 1 fully saturated rings. The van der Waals surface area contributed by atoms with Crippen molar-refractivity contribution in [3.8, 4) is 0 Å². The average molecular weight is 269 g/mol. The SMILES string of the molecule is NC1=NCC(c2cc(F)c(F)cc2F)N1CC1CC1. The van der Waals surface area contributed by atoms with E-state index in [9.17, 15) is 13.2 Å². The summed E-state index contributed by atoms with van der Waals surface area (Å²) in [6.07, 6.45) is 2.24. The Kier molecular flexibility index (Phi) is 2.88. The fourth-order valence-electron chi connectivity index (χ4n) is 2.39. The molecule has 6 heteroatoms. The molecule has 3 rings (SSSR count). The van der Waals surface area contributed by atoms with Crippen molar-refractivity contribution in [1.82, 2.24) is 4.90 Å². The molecule has 1 aliphatic carbocycles. The van der Waals surface area contributed by atoms with E-state index in [4.69, 9.17) is 5.73 Å². The Morgan fingerprint density at radius 3 is 2.53 bits per heavy atom. The van der Waals surface area contributed by atoms with Crippen molar-refractivity contribution in [3.63, 3.8) is 0 Å². The molecule has 1 aromatic carbocycles. The van der Waals surface area contributed by atoms with Crippen LogP contribution in [-0.2, 0) is 0 Å². The highest BCUT2D eigenvalue weighted by atomic mass is 19.2. The molecular weight excluding hydrogens is 255 g/mol. The van der Waals surface area contributed by atoms with Crippen molar-refractivity contribution in [2.24, 2.45) is 16.6 Å². The third-order valence-electron chi connectivity index (χ3n) is 3.65. The topological polar surface area (TPSA) is 41.6 Å². The number of hydrogen-bond donors (Lipinski definition) is 1. The van der Waals surface area contributed by atoms with Crippen LogP contribution in [0.25, 0.3) is 0 Å². The average Bonchev–Trinajstić information content (AvgIpc) is 3.10. The maximum Gasteiger partial charge on any atom is 0.191 e. The molecule has 2 N–H and O–H groups in total. The van der Waals surface area contributed by atoms with E-state index in [2.05, 4.69) is 4.99 Å². The Bertz CT molecular complexity index is 540. The molecule has 0 saturated heterocycles. The van der Waals surface area contributed by atoms with Crippen LogP contribution < -0.4 is 5.73 Å². The third-order valence-corrected chi connectivity index (χ3v) is 3.65. The first-order valence-corrected chi connectivity index (χ1v) is 6.27. The van der Waals surface area contributed by atoms with Crippen LogP contribution in [0.3, 0.4) is 0 Å². The second kappa shape index (κ2) is 4.43. The third kappa shape index (κ3) is 2.27. The number of halogens is 3. The van der Waals surface area contributed by atoms with Crippen molar-refractivity contribution in [3.05, 3.63) is 35.1 Å². The van der Waals surface area contributed by atoms with Crippen LogP contribution in [0.4, 0.5) is 13.2 Å². The summed E-state index contributed by atoms with van der Waals surface area (Å²) >= 11 is 0. The van der Waals surface area contributed by atoms with Crippen LogP contribution in [0, 0.1) is 23.4 Å². The van der Waals surface area contributed by atoms with Gasteiger partial charge >= 0.3 is 0 Å². The van der Waals surface area contributed by atoms with E-state index >= 15 is 0 Å². The zero-order valence-corrected chi connectivity index (χ0v) is 10.2. The summed E-state index contributed by atoms with van der Waals surface area (Å²) in [7, 11) is 0. The number of aliphatic imine (C=N–C) groups is 1. The highest BCUT2D eigenvalue weighted by molar-refractivity contribution is 5.80. The van der Waals surface area contributed by atoms with Gasteiger partial charge in [0.15, 0.2) is 17.6 Å². The molecule has 1 heterocycles. The summed E-state index contributed by atoms with van der Waals surface area (Å²) in [5, 5.41) is 0. The molecule has 0 spiro atoms. The molecule has 3 nitrogen and oxygen atoms in total. The maximum atomic E-state index is 13.8. The standard InChI is InChI=1S/C13H14F3N3/c14-9-4-11(16)10(15)3-8(9)12-5-18-13(17)19(12)6-7-1-2-7/h3-4,7,12H,1-2,5-6H2,(H2,17,18). The van der Waals surface area contributed by atoms with Crippen molar-refractivity contribution < 1.29 is 13.2 Å². The van der Waals surface area contributed by atoms with Crippen molar-refractivity contribution >= 4 is 5.96 Å². The molecular formula is C13H14F3N3. The van der Waals surface area contributed by atoms with Crippen LogP contribution in [0.2, 0.25) is 0 Å². The molecule has 19 heavy (non-hydrogen) atoms. The van der Waals surface area contributed by atoms with E-state index in [1.165, 1.54) is 0 Å². The lowest BCUT2D eigenvalue weighted by molar-refractivity contribution is 0.323. The first-order valence-electron chi connectivity index (χ1n) is 6.27. The molecule has 0 amide bonds. The fourth-order valence-corrected chi connectivity index (χ4v) is 2.39. The Balaban J connectivity index is 1.90. The van der Waals surface area contributed by atoms with Crippen molar-refractivity contribution in [2.75, 3.05) is 13.1 Å². The monoisotopic (exact) mass is 269 g/mol. The van der Waals surface area contributed by atoms with Gasteiger partial charge in [0.1, 0.15) is 5.82 Å². The number of guanidine groups is 1. The van der Waals surface area contributed by atoms with Crippen molar-refractivity contribution in [2.45, 2.75) is 18.9 Å². The van der Waals surface area contributed by atoms with E-state index in [1.54, 1.807) is 4.90 Å². The molecule has 102 valence electrons. The van der Waals surface area contributed by atoms with Gasteiger partial charge in [0.2, 0.25) is 0 Å². The van der Waals surface area contributed by atoms with Gasteiger partial charge in [0.25, 0.3) is 0 Å². The second-order valence-corrected chi connectivity index (χ2v) is 5.10. The number of nitrogens with two attached hydrogens (primary N) is 1. The minimum Gasteiger partial charge on any atom is -0.370 e. The smallest absolute Gasteiger partial charge is 0.191 e. The van der Waals surface area contributed by atoms with E-state index < -0.39 is 23.5 Å². The lowest BCUT2D eigenvalue weighted by Crippen LogP contribution is -2.37. The zero-order chi connectivity index (χ0) is 13.6. The summed E-state index contributed by atoms with van der Waals surface area (Å²) < 4.78 is 40.1. The van der Waals surface area contributed by atoms with Gasteiger partial charge in [0.05, 0.1) is 12.6 Å². The molecule has 0 bridgehead atoms. The van der Waals surface area contributed by atoms with Crippen LogP contribution >= 0.6 is 0 Å². The van der Waals surface area contributed by atoms with Crippen molar-refractivity contribution in [1.29, 1.82) is 0 Å². The second-order valence-electron chi connectivity index (χ2n) is 5.10. The van der Waals surface area contributed by atoms with E-state index in [-0.39, 0.29) is 12.1 Å². The Hall–Kier alpha value is -1.72. The van der Waals surface area contributed by atoms with Gasteiger partial charge in [-0.1, -0.05) is 0 Å². The number of benzene rings is 1. The number of rotatable bonds is 3. The van der Waals surface area contributed by atoms with Gasteiger partial charge in [-0.25, -0.2) is 13.2 Å². The fraction of sp³-hybridized carbons (Fsp3) is 0.462. The van der Waals surface area contributed by atoms with Crippen LogP contribution in [0.15, 0.2) is 17.1 Å². The van der Waals surface area contributed by atoms with Gasteiger partial charge in [-0.15, -0.1) is 0 Å². The lowest BCUT2D eigenvalue weighted by Gasteiger charge is -2.26. The molecule has 1 unspecified atom stereocenters. The molecule has 1 atom stereocenters. The normalized spacial score (nSPS) is 22.8. The van der Waals surface area contributed by atoms with Crippen LogP contribution in [0.1, 0.15) is 24.4 Å². The highest BCUT2D eigenvalue weighted by Gasteiger charge is 2.34. The van der Waals surface area contributed by atoms with Crippen LogP contribution in [-0.4, -0.2) is 23.9 Å². The van der Waals surface area contributed by atoms with E-state index in [0.717, 1.165) is 18.9 Å². The maximum absolute atomic E-state index is 13.8. The predicted octanol–water partition coefficient (Wildman–Crippen LogP) is 2.19. The molecule has 0 radical (unpaired) electrons. The summed E-state index contributed by atoms with van der Waals surface area (Å²) in [6.45, 7) is 0.971. The van der Waals surface area contributed by atoms with Gasteiger partial charge in [0, 0.05) is 18.2 Å². The summed E-state index contributed by atoms with van der Waals surface area (Å²) in [5.74, 6) is -2.09. The number of nitrogens with zero attached hydrogens (tertiary/aromatic N) is 2. The molecule has 1 aromatic rings. The summed E-state index contributed by atoms with van der Waals surface area (Å²) in [6, 6.07) is 1.05. The summed E-state index contributed by atoms with van der Waals surface area (Å²) in [4.78, 5) is 5.87. The molecule has 2 aliphatic rings. The molecule has 0 aromatic heterocycles. The Morgan fingerprint density at radius 2 is 1.84 bits per heavy atom. The Morgan fingerprint density at radius 1 is 1.16 bits per heavy atom. The molecule has 1 aliphatic heterocycles. The van der Waals surface area contributed by atoms with Gasteiger partial charge < -0.3 is 10.6 Å². The number of hydrogen-bond acceptors (Lipinski definition) is 3. The predicted molar refractivity (Wildman–Crippen MR) is 65.0 cm³/mol. The van der Waals surface area contributed by atoms with Gasteiger partial charge in [-0.05, 0) is 24.8 Å². The first kappa shape index (κ1) is 12.3. The van der Waals surface area contributed by atoms with Gasteiger partial charge in [-0.3, -0.25) is 4.99 Å². The minimum atomic E-state index is -1.18.